The van der Waals surface area contributed by atoms with Crippen LogP contribution in [0, 0.1) is 18.6 Å². The highest BCUT2D eigenvalue weighted by Gasteiger charge is 2.13. The molecule has 2 N–H and O–H groups in total. The SMILES string of the molecule is CCOc1cccc(CNc2c(F)ccc(C)c2F)c1O. The predicted molar refractivity (Wildman–Crippen MR) is 77.7 cm³/mol. The van der Waals surface area contributed by atoms with Crippen LogP contribution >= 0.6 is 0 Å². The molecule has 0 atom stereocenters. The first kappa shape index (κ1) is 15.1. The first-order valence-electron chi connectivity index (χ1n) is 6.66. The molecule has 3 nitrogen and oxygen atoms in total. The number of para-hydroxylation sites is 1. The van der Waals surface area contributed by atoms with E-state index in [1.165, 1.54) is 12.1 Å². The second kappa shape index (κ2) is 6.43. The molecular weight excluding hydrogens is 276 g/mol. The summed E-state index contributed by atoms with van der Waals surface area (Å²) in [6.07, 6.45) is 0. The van der Waals surface area contributed by atoms with Crippen molar-refractivity contribution in [2.24, 2.45) is 0 Å². The van der Waals surface area contributed by atoms with Crippen LogP contribution in [-0.4, -0.2) is 11.7 Å². The molecule has 21 heavy (non-hydrogen) atoms. The van der Waals surface area contributed by atoms with Crippen molar-refractivity contribution in [3.05, 3.63) is 53.1 Å². The zero-order chi connectivity index (χ0) is 15.4. The van der Waals surface area contributed by atoms with E-state index in [0.29, 0.717) is 23.5 Å². The molecule has 0 aromatic heterocycles. The Bertz CT molecular complexity index is 644. The molecule has 0 aliphatic heterocycles. The first-order chi connectivity index (χ1) is 10.0. The zero-order valence-electron chi connectivity index (χ0n) is 11.9. The fraction of sp³-hybridized carbons (Fsp3) is 0.250. The van der Waals surface area contributed by atoms with E-state index in [9.17, 15) is 13.9 Å². The monoisotopic (exact) mass is 293 g/mol. The largest absolute Gasteiger partial charge is 0.504 e. The summed E-state index contributed by atoms with van der Waals surface area (Å²) < 4.78 is 32.8. The number of aryl methyl sites for hydroxylation is 1. The number of nitrogens with one attached hydrogen (secondary N) is 1. The lowest BCUT2D eigenvalue weighted by Crippen LogP contribution is -2.05. The summed E-state index contributed by atoms with van der Waals surface area (Å²) in [5.41, 5.74) is 0.656. The maximum absolute atomic E-state index is 13.9. The van der Waals surface area contributed by atoms with Crippen molar-refractivity contribution >= 4 is 5.69 Å². The highest BCUT2D eigenvalue weighted by molar-refractivity contribution is 5.52. The lowest BCUT2D eigenvalue weighted by molar-refractivity contribution is 0.317. The van der Waals surface area contributed by atoms with Gasteiger partial charge in [-0.3, -0.25) is 0 Å². The molecule has 2 rings (SSSR count). The van der Waals surface area contributed by atoms with Crippen molar-refractivity contribution in [3.63, 3.8) is 0 Å². The Balaban J connectivity index is 2.21. The second-order valence-corrected chi connectivity index (χ2v) is 4.60. The maximum Gasteiger partial charge on any atom is 0.162 e. The fourth-order valence-corrected chi connectivity index (χ4v) is 1.98. The highest BCUT2D eigenvalue weighted by atomic mass is 19.1. The van der Waals surface area contributed by atoms with Crippen LogP contribution in [0.5, 0.6) is 11.5 Å². The number of phenolic OH excluding ortho intramolecular Hbond substituents is 1. The van der Waals surface area contributed by atoms with Crippen molar-refractivity contribution < 1.29 is 18.6 Å². The zero-order valence-corrected chi connectivity index (χ0v) is 11.9. The van der Waals surface area contributed by atoms with Crippen LogP contribution in [0.2, 0.25) is 0 Å². The average Bonchev–Trinajstić information content (AvgIpc) is 2.47. The third-order valence-corrected chi connectivity index (χ3v) is 3.12. The van der Waals surface area contributed by atoms with Gasteiger partial charge in [-0.1, -0.05) is 18.2 Å². The quantitative estimate of drug-likeness (QED) is 0.876. The Morgan fingerprint density at radius 3 is 2.67 bits per heavy atom. The van der Waals surface area contributed by atoms with Gasteiger partial charge in [-0.25, -0.2) is 8.78 Å². The third-order valence-electron chi connectivity index (χ3n) is 3.12. The molecule has 0 radical (unpaired) electrons. The molecule has 0 unspecified atom stereocenters. The van der Waals surface area contributed by atoms with Gasteiger partial charge in [0.25, 0.3) is 0 Å². The standard InChI is InChI=1S/C16H17F2NO2/c1-3-21-13-6-4-5-11(16(13)20)9-19-15-12(17)8-7-10(2)14(15)18/h4-8,19-20H,3,9H2,1-2H3. The summed E-state index contributed by atoms with van der Waals surface area (Å²) in [5, 5.41) is 12.7. The molecule has 0 aliphatic rings. The van der Waals surface area contributed by atoms with Gasteiger partial charge in [-0.05, 0) is 31.5 Å². The molecule has 112 valence electrons. The van der Waals surface area contributed by atoms with Crippen LogP contribution in [0.4, 0.5) is 14.5 Å². The minimum absolute atomic E-state index is 0.0275. The number of anilines is 1. The van der Waals surface area contributed by atoms with Crippen molar-refractivity contribution in [2.45, 2.75) is 20.4 Å². The topological polar surface area (TPSA) is 41.5 Å². The number of benzene rings is 2. The van der Waals surface area contributed by atoms with Crippen molar-refractivity contribution in [3.8, 4) is 11.5 Å². The number of ether oxygens (including phenoxy) is 1. The van der Waals surface area contributed by atoms with E-state index >= 15 is 0 Å². The summed E-state index contributed by atoms with van der Waals surface area (Å²) >= 11 is 0. The van der Waals surface area contributed by atoms with Gasteiger partial charge in [0.15, 0.2) is 17.3 Å². The highest BCUT2D eigenvalue weighted by Crippen LogP contribution is 2.31. The van der Waals surface area contributed by atoms with Gasteiger partial charge in [0.1, 0.15) is 11.5 Å². The Labute approximate surface area is 122 Å². The van der Waals surface area contributed by atoms with Crippen molar-refractivity contribution in [1.29, 1.82) is 0 Å². The fourth-order valence-electron chi connectivity index (χ4n) is 1.98. The molecule has 0 heterocycles. The second-order valence-electron chi connectivity index (χ2n) is 4.60. The molecule has 0 bridgehead atoms. The summed E-state index contributed by atoms with van der Waals surface area (Å²) in [7, 11) is 0. The maximum atomic E-state index is 13.9. The number of phenols is 1. The predicted octanol–water partition coefficient (Wildman–Crippen LogP) is 3.99. The molecule has 0 aliphatic carbocycles. The van der Waals surface area contributed by atoms with Gasteiger partial charge in [0.2, 0.25) is 0 Å². The molecule has 2 aromatic carbocycles. The normalized spacial score (nSPS) is 10.5. The Morgan fingerprint density at radius 1 is 1.19 bits per heavy atom. The average molecular weight is 293 g/mol. The summed E-state index contributed by atoms with van der Waals surface area (Å²) in [4.78, 5) is 0. The van der Waals surface area contributed by atoms with Gasteiger partial charge in [-0.2, -0.15) is 0 Å². The number of rotatable bonds is 5. The van der Waals surface area contributed by atoms with Crippen LogP contribution in [-0.2, 0) is 6.54 Å². The van der Waals surface area contributed by atoms with Gasteiger partial charge in [-0.15, -0.1) is 0 Å². The number of hydrogen-bond acceptors (Lipinski definition) is 3. The van der Waals surface area contributed by atoms with Gasteiger partial charge in [0.05, 0.1) is 6.61 Å². The number of hydrogen-bond donors (Lipinski definition) is 2. The molecule has 2 aromatic rings. The van der Waals surface area contributed by atoms with Crippen LogP contribution in [0.15, 0.2) is 30.3 Å². The molecule has 0 amide bonds. The van der Waals surface area contributed by atoms with E-state index in [1.807, 2.05) is 6.92 Å². The van der Waals surface area contributed by atoms with E-state index in [4.69, 9.17) is 4.74 Å². The minimum atomic E-state index is -0.668. The number of halogens is 2. The van der Waals surface area contributed by atoms with Gasteiger partial charge in [0, 0.05) is 12.1 Å². The lowest BCUT2D eigenvalue weighted by Gasteiger charge is -2.13. The molecular formula is C16H17F2NO2. The van der Waals surface area contributed by atoms with Gasteiger partial charge < -0.3 is 15.2 Å². The Hall–Kier alpha value is -2.30. The van der Waals surface area contributed by atoms with E-state index in [1.54, 1.807) is 25.1 Å². The molecule has 0 spiro atoms. The van der Waals surface area contributed by atoms with Crippen LogP contribution in [0.25, 0.3) is 0 Å². The Kier molecular flexibility index (Phi) is 4.62. The molecule has 0 fully saturated rings. The van der Waals surface area contributed by atoms with E-state index in [2.05, 4.69) is 5.32 Å². The molecule has 0 saturated heterocycles. The van der Waals surface area contributed by atoms with E-state index in [-0.39, 0.29) is 18.0 Å². The van der Waals surface area contributed by atoms with Crippen molar-refractivity contribution in [2.75, 3.05) is 11.9 Å². The summed E-state index contributed by atoms with van der Waals surface area (Å²) in [6, 6.07) is 7.59. The summed E-state index contributed by atoms with van der Waals surface area (Å²) in [5.74, 6) is -0.976. The summed E-state index contributed by atoms with van der Waals surface area (Å²) in [6.45, 7) is 3.88. The Morgan fingerprint density at radius 2 is 1.95 bits per heavy atom. The molecule has 0 saturated carbocycles. The van der Waals surface area contributed by atoms with Crippen LogP contribution < -0.4 is 10.1 Å². The minimum Gasteiger partial charge on any atom is -0.504 e. The van der Waals surface area contributed by atoms with Crippen molar-refractivity contribution in [1.82, 2.24) is 0 Å². The van der Waals surface area contributed by atoms with E-state index < -0.39 is 11.6 Å². The lowest BCUT2D eigenvalue weighted by atomic mass is 10.1. The number of aromatic hydroxyl groups is 1. The smallest absolute Gasteiger partial charge is 0.162 e. The first-order valence-corrected chi connectivity index (χ1v) is 6.66. The third kappa shape index (κ3) is 3.24. The van der Waals surface area contributed by atoms with Gasteiger partial charge >= 0.3 is 0 Å². The van der Waals surface area contributed by atoms with E-state index in [0.717, 1.165) is 0 Å². The molecule has 5 heteroatoms. The van der Waals surface area contributed by atoms with Crippen LogP contribution in [0.1, 0.15) is 18.1 Å². The van der Waals surface area contributed by atoms with Crippen LogP contribution in [0.3, 0.4) is 0 Å².